The van der Waals surface area contributed by atoms with Crippen molar-refractivity contribution in [3.8, 4) is 0 Å². The van der Waals surface area contributed by atoms with Crippen LogP contribution in [-0.2, 0) is 0 Å². The monoisotopic (exact) mass is 295 g/mol. The normalized spacial score (nSPS) is 13.4. The first-order valence-electron chi connectivity index (χ1n) is 8.04. The topological polar surface area (TPSA) is 20.3 Å². The SMILES string of the molecule is CCN(C(=O)c1ccccc1)C(C)CC(C)c1ccccc1. The smallest absolute Gasteiger partial charge is 0.254 e. The molecular weight excluding hydrogens is 270 g/mol. The number of carbonyl (C=O) groups excluding carboxylic acids is 1. The van der Waals surface area contributed by atoms with Gasteiger partial charge in [0, 0.05) is 18.2 Å². The van der Waals surface area contributed by atoms with Crippen LogP contribution in [0.2, 0.25) is 0 Å². The molecule has 0 saturated carbocycles. The Bertz CT molecular complexity index is 579. The number of rotatable bonds is 6. The Morgan fingerprint density at radius 1 is 0.955 bits per heavy atom. The summed E-state index contributed by atoms with van der Waals surface area (Å²) < 4.78 is 0. The highest BCUT2D eigenvalue weighted by molar-refractivity contribution is 5.94. The maximum atomic E-state index is 12.7. The van der Waals surface area contributed by atoms with Crippen molar-refractivity contribution in [1.82, 2.24) is 4.90 Å². The Labute approximate surface area is 133 Å². The van der Waals surface area contributed by atoms with E-state index in [0.29, 0.717) is 5.92 Å². The van der Waals surface area contributed by atoms with E-state index in [0.717, 1.165) is 18.5 Å². The van der Waals surface area contributed by atoms with Gasteiger partial charge in [-0.05, 0) is 43.9 Å². The van der Waals surface area contributed by atoms with Crippen LogP contribution in [0.25, 0.3) is 0 Å². The summed E-state index contributed by atoms with van der Waals surface area (Å²) in [6.45, 7) is 7.15. The first-order valence-corrected chi connectivity index (χ1v) is 8.04. The first-order chi connectivity index (χ1) is 10.6. The number of hydrogen-bond acceptors (Lipinski definition) is 1. The third-order valence-corrected chi connectivity index (χ3v) is 4.22. The molecule has 0 bridgehead atoms. The van der Waals surface area contributed by atoms with E-state index >= 15 is 0 Å². The molecular formula is C20H25NO. The van der Waals surface area contributed by atoms with Gasteiger partial charge in [0.1, 0.15) is 0 Å². The molecule has 0 saturated heterocycles. The minimum absolute atomic E-state index is 0.121. The third-order valence-electron chi connectivity index (χ3n) is 4.22. The highest BCUT2D eigenvalue weighted by Gasteiger charge is 2.21. The van der Waals surface area contributed by atoms with Crippen molar-refractivity contribution in [1.29, 1.82) is 0 Å². The van der Waals surface area contributed by atoms with Crippen LogP contribution in [-0.4, -0.2) is 23.4 Å². The molecule has 0 spiro atoms. The van der Waals surface area contributed by atoms with E-state index in [-0.39, 0.29) is 11.9 Å². The highest BCUT2D eigenvalue weighted by atomic mass is 16.2. The van der Waals surface area contributed by atoms with Gasteiger partial charge in [0.2, 0.25) is 0 Å². The molecule has 0 N–H and O–H groups in total. The lowest BCUT2D eigenvalue weighted by atomic mass is 9.93. The van der Waals surface area contributed by atoms with Gasteiger partial charge in [-0.2, -0.15) is 0 Å². The molecule has 0 heterocycles. The summed E-state index contributed by atoms with van der Waals surface area (Å²) in [5.41, 5.74) is 2.10. The molecule has 22 heavy (non-hydrogen) atoms. The second kappa shape index (κ2) is 7.79. The Balaban J connectivity index is 2.06. The molecule has 0 aliphatic heterocycles. The summed E-state index contributed by atoms with van der Waals surface area (Å²) in [6.07, 6.45) is 0.969. The molecule has 2 atom stereocenters. The van der Waals surface area contributed by atoms with Crippen LogP contribution in [0.1, 0.15) is 49.0 Å². The maximum Gasteiger partial charge on any atom is 0.254 e. The standard InChI is InChI=1S/C20H25NO/c1-4-21(20(22)19-13-9-6-10-14-19)17(3)15-16(2)18-11-7-5-8-12-18/h5-14,16-17H,4,15H2,1-3H3. The van der Waals surface area contributed by atoms with Gasteiger partial charge in [-0.25, -0.2) is 0 Å². The van der Waals surface area contributed by atoms with Gasteiger partial charge in [0.05, 0.1) is 0 Å². The summed E-state index contributed by atoms with van der Waals surface area (Å²) in [4.78, 5) is 14.6. The van der Waals surface area contributed by atoms with E-state index in [1.165, 1.54) is 5.56 Å². The summed E-state index contributed by atoms with van der Waals surface area (Å²) in [6, 6.07) is 20.3. The van der Waals surface area contributed by atoms with Crippen LogP contribution in [0, 0.1) is 0 Å². The lowest BCUT2D eigenvalue weighted by Gasteiger charge is -2.30. The van der Waals surface area contributed by atoms with Gasteiger partial charge in [0.15, 0.2) is 0 Å². The zero-order valence-electron chi connectivity index (χ0n) is 13.7. The van der Waals surface area contributed by atoms with Crippen LogP contribution < -0.4 is 0 Å². The molecule has 0 radical (unpaired) electrons. The zero-order valence-corrected chi connectivity index (χ0v) is 13.7. The third kappa shape index (κ3) is 3.97. The van der Waals surface area contributed by atoms with Gasteiger partial charge in [-0.3, -0.25) is 4.79 Å². The van der Waals surface area contributed by atoms with Crippen molar-refractivity contribution >= 4 is 5.91 Å². The first kappa shape index (κ1) is 16.3. The molecule has 0 fully saturated rings. The van der Waals surface area contributed by atoms with Crippen molar-refractivity contribution in [3.05, 3.63) is 71.8 Å². The largest absolute Gasteiger partial charge is 0.336 e. The van der Waals surface area contributed by atoms with Crippen molar-refractivity contribution in [2.45, 2.75) is 39.2 Å². The van der Waals surface area contributed by atoms with Crippen molar-refractivity contribution in [2.24, 2.45) is 0 Å². The summed E-state index contributed by atoms with van der Waals surface area (Å²) >= 11 is 0. The molecule has 2 nitrogen and oxygen atoms in total. The van der Waals surface area contributed by atoms with Gasteiger partial charge in [-0.15, -0.1) is 0 Å². The Morgan fingerprint density at radius 3 is 2.05 bits per heavy atom. The Kier molecular flexibility index (Phi) is 5.76. The number of carbonyl (C=O) groups is 1. The number of benzene rings is 2. The molecule has 2 heteroatoms. The molecule has 2 rings (SSSR count). The molecule has 0 aromatic heterocycles. The average molecular weight is 295 g/mol. The number of hydrogen-bond donors (Lipinski definition) is 0. The van der Waals surface area contributed by atoms with Crippen LogP contribution in [0.4, 0.5) is 0 Å². The lowest BCUT2D eigenvalue weighted by Crippen LogP contribution is -2.39. The van der Waals surface area contributed by atoms with Gasteiger partial charge in [-0.1, -0.05) is 55.5 Å². The van der Waals surface area contributed by atoms with E-state index in [4.69, 9.17) is 0 Å². The van der Waals surface area contributed by atoms with E-state index in [9.17, 15) is 4.79 Å². The fraction of sp³-hybridized carbons (Fsp3) is 0.350. The van der Waals surface area contributed by atoms with Crippen LogP contribution in [0.3, 0.4) is 0 Å². The van der Waals surface area contributed by atoms with E-state index in [1.54, 1.807) is 0 Å². The Hall–Kier alpha value is -2.09. The van der Waals surface area contributed by atoms with E-state index in [2.05, 4.69) is 38.1 Å². The minimum Gasteiger partial charge on any atom is -0.336 e. The highest BCUT2D eigenvalue weighted by Crippen LogP contribution is 2.23. The molecule has 2 aromatic rings. The van der Waals surface area contributed by atoms with Crippen LogP contribution in [0.5, 0.6) is 0 Å². The van der Waals surface area contributed by atoms with Crippen molar-refractivity contribution < 1.29 is 4.79 Å². The molecule has 0 aliphatic rings. The van der Waals surface area contributed by atoms with Gasteiger partial charge in [0.25, 0.3) is 5.91 Å². The molecule has 116 valence electrons. The average Bonchev–Trinajstić information content (AvgIpc) is 2.57. The summed E-state index contributed by atoms with van der Waals surface area (Å²) in [5, 5.41) is 0. The lowest BCUT2D eigenvalue weighted by molar-refractivity contribution is 0.0691. The van der Waals surface area contributed by atoms with Crippen LogP contribution in [0.15, 0.2) is 60.7 Å². The zero-order chi connectivity index (χ0) is 15.9. The molecule has 2 aromatic carbocycles. The molecule has 2 unspecified atom stereocenters. The number of amides is 1. The Morgan fingerprint density at radius 2 is 1.50 bits per heavy atom. The predicted molar refractivity (Wildman–Crippen MR) is 92.1 cm³/mol. The van der Waals surface area contributed by atoms with Crippen molar-refractivity contribution in [2.75, 3.05) is 6.54 Å². The minimum atomic E-state index is 0.121. The van der Waals surface area contributed by atoms with E-state index < -0.39 is 0 Å². The van der Waals surface area contributed by atoms with Gasteiger partial charge < -0.3 is 4.90 Å². The summed E-state index contributed by atoms with van der Waals surface area (Å²) in [7, 11) is 0. The maximum absolute atomic E-state index is 12.7. The predicted octanol–water partition coefficient (Wildman–Crippen LogP) is 4.73. The number of nitrogens with zero attached hydrogens (tertiary/aromatic N) is 1. The summed E-state index contributed by atoms with van der Waals surface area (Å²) in [5.74, 6) is 0.560. The molecule has 0 aliphatic carbocycles. The van der Waals surface area contributed by atoms with Gasteiger partial charge >= 0.3 is 0 Å². The van der Waals surface area contributed by atoms with Crippen molar-refractivity contribution in [3.63, 3.8) is 0 Å². The quantitative estimate of drug-likeness (QED) is 0.754. The van der Waals surface area contributed by atoms with E-state index in [1.807, 2.05) is 48.2 Å². The van der Waals surface area contributed by atoms with Crippen LogP contribution >= 0.6 is 0 Å². The second-order valence-electron chi connectivity index (χ2n) is 5.85. The fourth-order valence-corrected chi connectivity index (χ4v) is 2.96. The molecule has 1 amide bonds. The second-order valence-corrected chi connectivity index (χ2v) is 5.85. The fourth-order valence-electron chi connectivity index (χ4n) is 2.96.